The number of anilines is 1. The average Bonchev–Trinajstić information content (AvgIpc) is 2.52. The summed E-state index contributed by atoms with van der Waals surface area (Å²) in [5.74, 6) is 0.336. The second-order valence-electron chi connectivity index (χ2n) is 5.89. The highest BCUT2D eigenvalue weighted by Crippen LogP contribution is 2.16. The van der Waals surface area contributed by atoms with E-state index in [1.807, 2.05) is 18.2 Å². The van der Waals surface area contributed by atoms with Crippen molar-refractivity contribution in [3.63, 3.8) is 0 Å². The lowest BCUT2D eigenvalue weighted by Gasteiger charge is -2.29. The van der Waals surface area contributed by atoms with E-state index in [0.29, 0.717) is 6.04 Å². The van der Waals surface area contributed by atoms with Crippen LogP contribution in [-0.2, 0) is 4.79 Å². The van der Waals surface area contributed by atoms with E-state index >= 15 is 0 Å². The minimum absolute atomic E-state index is 0.130. The van der Waals surface area contributed by atoms with E-state index in [1.54, 1.807) is 0 Å². The van der Waals surface area contributed by atoms with Gasteiger partial charge in [0, 0.05) is 31.9 Å². The summed E-state index contributed by atoms with van der Waals surface area (Å²) in [6, 6.07) is 10.6. The Bertz CT molecular complexity index is 435. The van der Waals surface area contributed by atoms with Crippen molar-refractivity contribution >= 4 is 11.6 Å². The van der Waals surface area contributed by atoms with Crippen molar-refractivity contribution in [3.8, 4) is 0 Å². The zero-order valence-corrected chi connectivity index (χ0v) is 13.1. The van der Waals surface area contributed by atoms with Crippen LogP contribution in [0.5, 0.6) is 0 Å². The summed E-state index contributed by atoms with van der Waals surface area (Å²) in [5, 5.41) is 6.46. The van der Waals surface area contributed by atoms with Crippen molar-refractivity contribution in [1.29, 1.82) is 0 Å². The van der Waals surface area contributed by atoms with Gasteiger partial charge >= 0.3 is 0 Å². The molecule has 1 heterocycles. The van der Waals surface area contributed by atoms with Gasteiger partial charge in [-0.2, -0.15) is 0 Å². The van der Waals surface area contributed by atoms with Crippen LogP contribution >= 0.6 is 0 Å². The van der Waals surface area contributed by atoms with Crippen molar-refractivity contribution in [2.24, 2.45) is 5.92 Å². The maximum Gasteiger partial charge on any atom is 0.224 e. The van der Waals surface area contributed by atoms with Gasteiger partial charge in [0.2, 0.25) is 5.91 Å². The predicted molar refractivity (Wildman–Crippen MR) is 87.5 cm³/mol. The first-order valence-corrected chi connectivity index (χ1v) is 7.96. The van der Waals surface area contributed by atoms with Gasteiger partial charge in [-0.3, -0.25) is 4.79 Å². The van der Waals surface area contributed by atoms with Crippen molar-refractivity contribution in [1.82, 2.24) is 10.6 Å². The Hall–Kier alpha value is -1.55. The first kappa shape index (κ1) is 15.8. The third kappa shape index (κ3) is 4.74. The smallest absolute Gasteiger partial charge is 0.224 e. The van der Waals surface area contributed by atoms with Gasteiger partial charge in [-0.25, -0.2) is 0 Å². The molecule has 1 saturated heterocycles. The van der Waals surface area contributed by atoms with Crippen LogP contribution in [0.15, 0.2) is 30.3 Å². The fourth-order valence-electron chi connectivity index (χ4n) is 2.87. The van der Waals surface area contributed by atoms with Gasteiger partial charge in [0.1, 0.15) is 0 Å². The van der Waals surface area contributed by atoms with Gasteiger partial charge < -0.3 is 15.5 Å². The fourth-order valence-corrected chi connectivity index (χ4v) is 2.87. The molecule has 2 rings (SSSR count). The van der Waals surface area contributed by atoms with Gasteiger partial charge in [-0.15, -0.1) is 0 Å². The molecular weight excluding hydrogens is 262 g/mol. The summed E-state index contributed by atoms with van der Waals surface area (Å²) in [7, 11) is 2.09. The lowest BCUT2D eigenvalue weighted by atomic mass is 9.91. The lowest BCUT2D eigenvalue weighted by Crippen LogP contribution is -2.47. The van der Waals surface area contributed by atoms with Crippen LogP contribution in [0.3, 0.4) is 0 Å². The molecule has 0 aliphatic carbocycles. The van der Waals surface area contributed by atoms with E-state index in [0.717, 1.165) is 38.9 Å². The highest BCUT2D eigenvalue weighted by atomic mass is 16.1. The number of benzene rings is 1. The predicted octanol–water partition coefficient (Wildman–Crippen LogP) is 2.02. The molecule has 2 atom stereocenters. The monoisotopic (exact) mass is 289 g/mol. The number of hydrogen-bond donors (Lipinski definition) is 2. The van der Waals surface area contributed by atoms with E-state index in [2.05, 4.69) is 41.6 Å². The van der Waals surface area contributed by atoms with E-state index in [4.69, 9.17) is 0 Å². The Morgan fingerprint density at radius 1 is 1.38 bits per heavy atom. The first-order valence-electron chi connectivity index (χ1n) is 7.96. The molecule has 4 heteroatoms. The van der Waals surface area contributed by atoms with Crippen molar-refractivity contribution in [2.45, 2.75) is 32.2 Å². The van der Waals surface area contributed by atoms with Crippen LogP contribution in [0, 0.1) is 5.92 Å². The molecule has 1 aliphatic heterocycles. The number of nitrogens with zero attached hydrogens (tertiary/aromatic N) is 1. The topological polar surface area (TPSA) is 44.4 Å². The molecule has 1 aliphatic rings. The molecule has 116 valence electrons. The molecular formula is C17H27N3O. The summed E-state index contributed by atoms with van der Waals surface area (Å²) in [4.78, 5) is 14.4. The highest BCUT2D eigenvalue weighted by molar-refractivity contribution is 5.79. The maximum absolute atomic E-state index is 12.2. The Balaban J connectivity index is 1.66. The quantitative estimate of drug-likeness (QED) is 0.788. The Morgan fingerprint density at radius 3 is 2.86 bits per heavy atom. The molecule has 2 N–H and O–H groups in total. The van der Waals surface area contributed by atoms with E-state index < -0.39 is 0 Å². The largest absolute Gasteiger partial charge is 0.375 e. The Morgan fingerprint density at radius 2 is 2.14 bits per heavy atom. The van der Waals surface area contributed by atoms with Crippen molar-refractivity contribution < 1.29 is 4.79 Å². The summed E-state index contributed by atoms with van der Waals surface area (Å²) < 4.78 is 0. The van der Waals surface area contributed by atoms with Crippen molar-refractivity contribution in [3.05, 3.63) is 30.3 Å². The second-order valence-corrected chi connectivity index (χ2v) is 5.89. The minimum Gasteiger partial charge on any atom is -0.375 e. The van der Waals surface area contributed by atoms with E-state index in [9.17, 15) is 4.79 Å². The molecule has 1 aromatic carbocycles. The molecule has 1 aromatic rings. The molecule has 4 nitrogen and oxygen atoms in total. The lowest BCUT2D eigenvalue weighted by molar-refractivity contribution is -0.126. The van der Waals surface area contributed by atoms with Gasteiger partial charge in [0.15, 0.2) is 0 Å². The first-order chi connectivity index (χ1) is 10.2. The SMILES string of the molecule is CC1NCCCC1C(=O)NCCCN(C)c1ccccc1. The number of rotatable bonds is 6. The zero-order valence-electron chi connectivity index (χ0n) is 13.1. The Kier molecular flexibility index (Phi) is 6.05. The molecule has 0 radical (unpaired) electrons. The van der Waals surface area contributed by atoms with Crippen LogP contribution in [0.4, 0.5) is 5.69 Å². The minimum atomic E-state index is 0.130. The third-order valence-corrected chi connectivity index (χ3v) is 4.27. The summed E-state index contributed by atoms with van der Waals surface area (Å²) in [5.41, 5.74) is 1.22. The number of nitrogens with one attached hydrogen (secondary N) is 2. The van der Waals surface area contributed by atoms with Gasteiger partial charge in [0.05, 0.1) is 5.92 Å². The van der Waals surface area contributed by atoms with E-state index in [-0.39, 0.29) is 11.8 Å². The molecule has 0 aromatic heterocycles. The number of amides is 1. The van der Waals surface area contributed by atoms with Gasteiger partial charge in [-0.05, 0) is 44.9 Å². The van der Waals surface area contributed by atoms with Crippen LogP contribution in [0.2, 0.25) is 0 Å². The van der Waals surface area contributed by atoms with Gasteiger partial charge in [0.25, 0.3) is 0 Å². The summed E-state index contributed by atoms with van der Waals surface area (Å²) in [6.07, 6.45) is 3.06. The third-order valence-electron chi connectivity index (χ3n) is 4.27. The highest BCUT2D eigenvalue weighted by Gasteiger charge is 2.26. The molecule has 1 amide bonds. The molecule has 0 saturated carbocycles. The van der Waals surface area contributed by atoms with Gasteiger partial charge in [-0.1, -0.05) is 18.2 Å². The number of piperidine rings is 1. The van der Waals surface area contributed by atoms with E-state index in [1.165, 1.54) is 5.69 Å². The normalized spacial score (nSPS) is 21.8. The Labute approximate surface area is 127 Å². The van der Waals surface area contributed by atoms with Crippen molar-refractivity contribution in [2.75, 3.05) is 31.6 Å². The van der Waals surface area contributed by atoms with Crippen LogP contribution in [0.1, 0.15) is 26.2 Å². The second kappa shape index (κ2) is 8.03. The number of para-hydroxylation sites is 1. The standard InChI is InChI=1S/C17H27N3O/c1-14-16(10-6-11-18-14)17(21)19-12-7-13-20(2)15-8-4-3-5-9-15/h3-5,8-9,14,16,18H,6-7,10-13H2,1-2H3,(H,19,21). The fraction of sp³-hybridized carbons (Fsp3) is 0.588. The van der Waals surface area contributed by atoms with Crippen LogP contribution in [-0.4, -0.2) is 38.6 Å². The summed E-state index contributed by atoms with van der Waals surface area (Å²) >= 11 is 0. The molecule has 0 spiro atoms. The summed E-state index contributed by atoms with van der Waals surface area (Å²) in [6.45, 7) is 4.83. The van der Waals surface area contributed by atoms with Crippen LogP contribution < -0.4 is 15.5 Å². The molecule has 0 bridgehead atoms. The molecule has 2 unspecified atom stereocenters. The van der Waals surface area contributed by atoms with Crippen LogP contribution in [0.25, 0.3) is 0 Å². The average molecular weight is 289 g/mol. The number of carbonyl (C=O) groups is 1. The number of carbonyl (C=O) groups excluding carboxylic acids is 1. The maximum atomic E-state index is 12.2. The molecule has 21 heavy (non-hydrogen) atoms. The number of hydrogen-bond acceptors (Lipinski definition) is 3. The molecule has 1 fully saturated rings. The zero-order chi connectivity index (χ0) is 15.1.